The van der Waals surface area contributed by atoms with Crippen LogP contribution in [0.2, 0.25) is 0 Å². The number of rotatable bonds is 4. The Labute approximate surface area is 136 Å². The number of likely N-dealkylation sites (N-methyl/N-ethyl adjacent to an activating group) is 1. The number of carbonyl (C=O) groups excluding carboxylic acids is 1. The molecule has 1 aliphatic heterocycles. The van der Waals surface area contributed by atoms with E-state index in [0.29, 0.717) is 6.04 Å². The van der Waals surface area contributed by atoms with Crippen LogP contribution in [0.5, 0.6) is 0 Å². The maximum absolute atomic E-state index is 12.5. The molecular weight excluding hydrogens is 291 g/mol. The van der Waals surface area contributed by atoms with Gasteiger partial charge in [0.2, 0.25) is 0 Å². The fraction of sp³-hybridized carbons (Fsp3) is 0.389. The number of likely N-dealkylation sites (tertiary alicyclic amines) is 1. The number of nitrogens with zero attached hydrogens (tertiary/aromatic N) is 1. The highest BCUT2D eigenvalue weighted by Gasteiger charge is 2.30. The van der Waals surface area contributed by atoms with Crippen molar-refractivity contribution in [2.24, 2.45) is 0 Å². The SMILES string of the molecule is [11CH3]N1CCCC[C@H]1[C@@H](NC(=O)c1cccs1)c1ccccc1. The lowest BCUT2D eigenvalue weighted by Crippen LogP contribution is -2.46. The number of hydrogen-bond acceptors (Lipinski definition) is 3. The minimum absolute atomic E-state index is 0.0304. The highest BCUT2D eigenvalue weighted by atomic mass is 32.1. The van der Waals surface area contributed by atoms with Crippen LogP contribution < -0.4 is 5.32 Å². The number of nitrogens with one attached hydrogen (secondary N) is 1. The third-order valence-electron chi connectivity index (χ3n) is 4.40. The predicted octanol–water partition coefficient (Wildman–Crippen LogP) is 3.70. The molecule has 1 aliphatic rings. The van der Waals surface area contributed by atoms with Crippen molar-refractivity contribution in [2.45, 2.75) is 31.3 Å². The highest BCUT2D eigenvalue weighted by molar-refractivity contribution is 7.12. The number of thiophene rings is 1. The van der Waals surface area contributed by atoms with Crippen molar-refractivity contribution in [3.63, 3.8) is 0 Å². The standard InChI is InChI=1S/C18H22N2OS/c1-20-12-6-5-10-15(20)17(14-8-3-2-4-9-14)19-18(21)16-11-7-13-22-16/h2-4,7-9,11,13,15,17H,5-6,10,12H2,1H3,(H,19,21)/t15-,17-/m0/s1/i1-1. The van der Waals surface area contributed by atoms with Crippen molar-refractivity contribution in [3.05, 3.63) is 58.3 Å². The monoisotopic (exact) mass is 313 g/mol. The molecule has 1 N–H and O–H groups in total. The Bertz CT molecular complexity index is 597. The Hall–Kier alpha value is -1.65. The van der Waals surface area contributed by atoms with Crippen LogP contribution in [0.4, 0.5) is 0 Å². The average Bonchev–Trinajstić information content (AvgIpc) is 3.09. The number of carbonyl (C=O) groups is 1. The zero-order chi connectivity index (χ0) is 15.4. The van der Waals surface area contributed by atoms with Crippen LogP contribution in [-0.2, 0) is 0 Å². The molecule has 1 saturated heterocycles. The molecule has 1 amide bonds. The Morgan fingerprint density at radius 2 is 2.05 bits per heavy atom. The molecule has 0 saturated carbocycles. The smallest absolute Gasteiger partial charge is 0.261 e. The van der Waals surface area contributed by atoms with Crippen molar-refractivity contribution in [3.8, 4) is 0 Å². The molecule has 0 aliphatic carbocycles. The topological polar surface area (TPSA) is 32.3 Å². The second-order valence-corrected chi connectivity index (χ2v) is 6.83. The van der Waals surface area contributed by atoms with Gasteiger partial charge in [-0.2, -0.15) is 0 Å². The van der Waals surface area contributed by atoms with Gasteiger partial charge in [-0.15, -0.1) is 11.3 Å². The summed E-state index contributed by atoms with van der Waals surface area (Å²) in [6.45, 7) is 1.10. The quantitative estimate of drug-likeness (QED) is 0.933. The van der Waals surface area contributed by atoms with Crippen molar-refractivity contribution in [1.29, 1.82) is 0 Å². The highest BCUT2D eigenvalue weighted by Crippen LogP contribution is 2.28. The summed E-state index contributed by atoms with van der Waals surface area (Å²) in [4.78, 5) is 15.7. The van der Waals surface area contributed by atoms with E-state index >= 15 is 0 Å². The molecule has 2 atom stereocenters. The molecule has 3 nitrogen and oxygen atoms in total. The zero-order valence-corrected chi connectivity index (χ0v) is 13.7. The van der Waals surface area contributed by atoms with Crippen LogP contribution in [0.15, 0.2) is 47.8 Å². The van der Waals surface area contributed by atoms with Gasteiger partial charge in [-0.25, -0.2) is 0 Å². The van der Waals surface area contributed by atoms with Crippen LogP contribution in [-0.4, -0.2) is 30.4 Å². The Morgan fingerprint density at radius 1 is 1.23 bits per heavy atom. The number of benzene rings is 1. The summed E-state index contributed by atoms with van der Waals surface area (Å²) in [5, 5.41) is 5.21. The van der Waals surface area contributed by atoms with Gasteiger partial charge in [-0.05, 0) is 43.4 Å². The predicted molar refractivity (Wildman–Crippen MR) is 91.2 cm³/mol. The third kappa shape index (κ3) is 3.39. The van der Waals surface area contributed by atoms with E-state index in [1.165, 1.54) is 29.7 Å². The van der Waals surface area contributed by atoms with Gasteiger partial charge < -0.3 is 10.2 Å². The maximum Gasteiger partial charge on any atom is 0.261 e. The fourth-order valence-electron chi connectivity index (χ4n) is 3.20. The summed E-state index contributed by atoms with van der Waals surface area (Å²) in [6, 6.07) is 14.5. The lowest BCUT2D eigenvalue weighted by molar-refractivity contribution is 0.0875. The fourth-order valence-corrected chi connectivity index (χ4v) is 3.83. The van der Waals surface area contributed by atoms with Crippen molar-refractivity contribution in [1.82, 2.24) is 10.2 Å². The van der Waals surface area contributed by atoms with Crippen LogP contribution >= 0.6 is 11.3 Å². The summed E-state index contributed by atoms with van der Waals surface area (Å²) in [7, 11) is 2.16. The molecule has 4 heteroatoms. The Morgan fingerprint density at radius 3 is 2.73 bits per heavy atom. The largest absolute Gasteiger partial charge is 0.343 e. The second kappa shape index (κ2) is 7.07. The second-order valence-electron chi connectivity index (χ2n) is 5.88. The van der Waals surface area contributed by atoms with Crippen LogP contribution in [0.25, 0.3) is 0 Å². The summed E-state index contributed by atoms with van der Waals surface area (Å²) in [6.07, 6.45) is 3.60. The van der Waals surface area contributed by atoms with Crippen LogP contribution in [0.1, 0.15) is 40.5 Å². The molecule has 0 spiro atoms. The average molecular weight is 313 g/mol. The molecular formula is C18H22N2OS. The molecule has 22 heavy (non-hydrogen) atoms. The first kappa shape index (κ1) is 15.3. The van der Waals surface area contributed by atoms with E-state index in [1.54, 1.807) is 0 Å². The van der Waals surface area contributed by atoms with E-state index in [-0.39, 0.29) is 11.9 Å². The van der Waals surface area contributed by atoms with Gasteiger partial charge in [-0.1, -0.05) is 42.8 Å². The number of hydrogen-bond donors (Lipinski definition) is 1. The van der Waals surface area contributed by atoms with Crippen molar-refractivity contribution < 1.29 is 4.79 Å². The maximum atomic E-state index is 12.5. The van der Waals surface area contributed by atoms with E-state index < -0.39 is 0 Å². The first-order valence-corrected chi connectivity index (χ1v) is 8.73. The Kier molecular flexibility index (Phi) is 4.90. The summed E-state index contributed by atoms with van der Waals surface area (Å²) >= 11 is 1.49. The van der Waals surface area contributed by atoms with Gasteiger partial charge >= 0.3 is 0 Å². The Balaban J connectivity index is 1.84. The number of amides is 1. The minimum atomic E-state index is 0.0304. The van der Waals surface area contributed by atoms with Crippen molar-refractivity contribution >= 4 is 17.2 Å². The summed E-state index contributed by atoms with van der Waals surface area (Å²) in [5.74, 6) is 0.0304. The normalized spacial score (nSPS) is 20.5. The number of piperidine rings is 1. The molecule has 1 fully saturated rings. The first-order chi connectivity index (χ1) is 10.8. The van der Waals surface area contributed by atoms with E-state index in [4.69, 9.17) is 0 Å². The first-order valence-electron chi connectivity index (χ1n) is 7.85. The molecule has 0 bridgehead atoms. The summed E-state index contributed by atoms with van der Waals surface area (Å²) < 4.78 is 0. The lowest BCUT2D eigenvalue weighted by atomic mass is 9.89. The molecule has 1 aromatic heterocycles. The van der Waals surface area contributed by atoms with Gasteiger partial charge in [-0.3, -0.25) is 4.79 Å². The molecule has 2 aromatic rings. The lowest BCUT2D eigenvalue weighted by Gasteiger charge is -2.38. The minimum Gasteiger partial charge on any atom is -0.343 e. The van der Waals surface area contributed by atoms with Crippen LogP contribution in [0, 0.1) is 0 Å². The van der Waals surface area contributed by atoms with E-state index in [9.17, 15) is 4.79 Å². The molecule has 3 rings (SSSR count). The van der Waals surface area contributed by atoms with Crippen LogP contribution in [0.3, 0.4) is 0 Å². The van der Waals surface area contributed by atoms with Gasteiger partial charge in [0.15, 0.2) is 0 Å². The molecule has 0 unspecified atom stereocenters. The van der Waals surface area contributed by atoms with E-state index in [2.05, 4.69) is 29.4 Å². The van der Waals surface area contributed by atoms with Gasteiger partial charge in [0.1, 0.15) is 0 Å². The summed E-state index contributed by atoms with van der Waals surface area (Å²) in [5.41, 5.74) is 1.19. The molecule has 0 radical (unpaired) electrons. The van der Waals surface area contributed by atoms with E-state index in [1.807, 2.05) is 35.7 Å². The molecule has 1 aromatic carbocycles. The van der Waals surface area contributed by atoms with Gasteiger partial charge in [0.05, 0.1) is 10.9 Å². The molecule has 116 valence electrons. The van der Waals surface area contributed by atoms with E-state index in [0.717, 1.165) is 17.8 Å². The zero-order valence-electron chi connectivity index (χ0n) is 12.9. The third-order valence-corrected chi connectivity index (χ3v) is 5.27. The molecule has 2 heterocycles. The van der Waals surface area contributed by atoms with Gasteiger partial charge in [0.25, 0.3) is 5.91 Å². The van der Waals surface area contributed by atoms with Crippen molar-refractivity contribution in [2.75, 3.05) is 13.6 Å². The van der Waals surface area contributed by atoms with Gasteiger partial charge in [0, 0.05) is 6.04 Å².